The largest absolute Gasteiger partial charge is 0.463 e. The summed E-state index contributed by atoms with van der Waals surface area (Å²) in [6, 6.07) is 0. The number of esters is 1. The monoisotopic (exact) mass is 424 g/mol. The minimum Gasteiger partial charge on any atom is -0.463 e. The van der Waals surface area contributed by atoms with E-state index < -0.39 is 0 Å². The van der Waals surface area contributed by atoms with Gasteiger partial charge < -0.3 is 14.2 Å². The molecule has 0 amide bonds. The van der Waals surface area contributed by atoms with Crippen molar-refractivity contribution in [2.75, 3.05) is 6.61 Å². The van der Waals surface area contributed by atoms with Gasteiger partial charge in [0.15, 0.2) is 6.10 Å². The maximum absolute atomic E-state index is 12.1. The molecule has 2 saturated heterocycles. The molecule has 2 heterocycles. The van der Waals surface area contributed by atoms with E-state index in [9.17, 15) is 4.79 Å². The molecule has 176 valence electrons. The van der Waals surface area contributed by atoms with E-state index in [0.717, 1.165) is 25.7 Å². The summed E-state index contributed by atoms with van der Waals surface area (Å²) in [6.07, 6.45) is 20.7. The molecule has 0 aromatic rings. The highest BCUT2D eigenvalue weighted by atomic mass is 16.6. The predicted octanol–water partition coefficient (Wildman–Crippen LogP) is 6.98. The minimum absolute atomic E-state index is 0.103. The molecule has 0 spiro atoms. The molecule has 0 N–H and O–H groups in total. The van der Waals surface area contributed by atoms with Crippen molar-refractivity contribution in [3.05, 3.63) is 0 Å². The molecule has 2 fully saturated rings. The van der Waals surface area contributed by atoms with Crippen molar-refractivity contribution in [3.8, 4) is 0 Å². The fraction of sp³-hybridized carbons (Fsp3) is 0.962. The number of unbranched alkanes of at least 4 members (excludes halogenated alkanes) is 8. The van der Waals surface area contributed by atoms with Gasteiger partial charge in [0, 0.05) is 0 Å². The van der Waals surface area contributed by atoms with E-state index in [1.165, 1.54) is 77.0 Å². The number of hydrogen-bond donors (Lipinski definition) is 0. The average molecular weight is 425 g/mol. The maximum Gasteiger partial charge on any atom is 0.338 e. The standard InChI is InChI=1S/C26H48O4/c1-4-7-9-10-11-13-17-22-23(29-22)18-14-12-15-19-24-25(30-24)26(27)28-20-21(6-3)16-8-5-2/h21-25H,4-20H2,1-3H3. The van der Waals surface area contributed by atoms with Gasteiger partial charge in [0.25, 0.3) is 0 Å². The SMILES string of the molecule is CCCCCCCCC1OC1CCCCCC1OC1C(=O)OCC(CC)CCCC. The third-order valence-electron chi connectivity index (χ3n) is 6.83. The van der Waals surface area contributed by atoms with Crippen LogP contribution in [-0.4, -0.2) is 37.0 Å². The number of rotatable bonds is 20. The van der Waals surface area contributed by atoms with Crippen molar-refractivity contribution in [2.45, 2.75) is 148 Å². The van der Waals surface area contributed by atoms with Gasteiger partial charge >= 0.3 is 5.97 Å². The van der Waals surface area contributed by atoms with Gasteiger partial charge in [-0.2, -0.15) is 0 Å². The molecule has 0 aliphatic carbocycles. The Labute approximate surface area is 185 Å². The molecule has 2 aliphatic rings. The van der Waals surface area contributed by atoms with Crippen LogP contribution >= 0.6 is 0 Å². The second-order valence-corrected chi connectivity index (χ2v) is 9.55. The van der Waals surface area contributed by atoms with E-state index in [0.29, 0.717) is 24.7 Å². The molecule has 5 unspecified atom stereocenters. The quantitative estimate of drug-likeness (QED) is 0.120. The second-order valence-electron chi connectivity index (χ2n) is 9.55. The number of carbonyl (C=O) groups is 1. The van der Waals surface area contributed by atoms with Gasteiger partial charge in [-0.3, -0.25) is 0 Å². The highest BCUT2D eigenvalue weighted by Gasteiger charge is 2.45. The molecule has 4 nitrogen and oxygen atoms in total. The van der Waals surface area contributed by atoms with Crippen molar-refractivity contribution < 1.29 is 19.0 Å². The summed E-state index contributed by atoms with van der Waals surface area (Å²) >= 11 is 0. The molecule has 0 aromatic carbocycles. The van der Waals surface area contributed by atoms with Crippen molar-refractivity contribution in [1.29, 1.82) is 0 Å². The Hall–Kier alpha value is -0.610. The smallest absolute Gasteiger partial charge is 0.338 e. The summed E-state index contributed by atoms with van der Waals surface area (Å²) in [4.78, 5) is 12.1. The maximum atomic E-state index is 12.1. The minimum atomic E-state index is -0.290. The van der Waals surface area contributed by atoms with Gasteiger partial charge in [0.05, 0.1) is 24.9 Å². The lowest BCUT2D eigenvalue weighted by Gasteiger charge is -2.13. The summed E-state index contributed by atoms with van der Waals surface area (Å²) in [5.41, 5.74) is 0. The fourth-order valence-corrected chi connectivity index (χ4v) is 4.43. The Morgan fingerprint density at radius 3 is 1.93 bits per heavy atom. The van der Waals surface area contributed by atoms with Gasteiger partial charge in [-0.05, 0) is 31.6 Å². The molecule has 0 saturated carbocycles. The van der Waals surface area contributed by atoms with Crippen LogP contribution in [0.1, 0.15) is 124 Å². The summed E-state index contributed by atoms with van der Waals surface area (Å²) < 4.78 is 16.9. The van der Waals surface area contributed by atoms with Gasteiger partial charge in [-0.25, -0.2) is 4.79 Å². The Morgan fingerprint density at radius 2 is 1.30 bits per heavy atom. The number of carbonyl (C=O) groups excluding carboxylic acids is 1. The van der Waals surface area contributed by atoms with Crippen molar-refractivity contribution in [2.24, 2.45) is 5.92 Å². The van der Waals surface area contributed by atoms with Crippen LogP contribution in [0.25, 0.3) is 0 Å². The molecule has 2 rings (SSSR count). The topological polar surface area (TPSA) is 51.4 Å². The first-order valence-corrected chi connectivity index (χ1v) is 13.2. The summed E-state index contributed by atoms with van der Waals surface area (Å²) in [6.45, 7) is 7.20. The molecule has 0 bridgehead atoms. The molecule has 30 heavy (non-hydrogen) atoms. The van der Waals surface area contributed by atoms with Gasteiger partial charge in [-0.15, -0.1) is 0 Å². The first-order chi connectivity index (χ1) is 14.7. The summed E-state index contributed by atoms with van der Waals surface area (Å²) in [5, 5.41) is 0. The lowest BCUT2D eigenvalue weighted by Crippen LogP contribution is -2.19. The van der Waals surface area contributed by atoms with E-state index in [1.54, 1.807) is 0 Å². The Bertz CT molecular complexity index is 452. The van der Waals surface area contributed by atoms with E-state index in [-0.39, 0.29) is 18.2 Å². The normalized spacial score (nSPS) is 25.8. The zero-order valence-electron chi connectivity index (χ0n) is 20.0. The zero-order chi connectivity index (χ0) is 21.6. The molecule has 0 radical (unpaired) electrons. The van der Waals surface area contributed by atoms with Crippen LogP contribution in [0.15, 0.2) is 0 Å². The summed E-state index contributed by atoms with van der Waals surface area (Å²) in [5.74, 6) is 0.361. The number of epoxide rings is 2. The van der Waals surface area contributed by atoms with Gasteiger partial charge in [-0.1, -0.05) is 97.8 Å². The van der Waals surface area contributed by atoms with Crippen LogP contribution in [0, 0.1) is 5.92 Å². The van der Waals surface area contributed by atoms with Crippen LogP contribution in [0.5, 0.6) is 0 Å². The molecule has 5 atom stereocenters. The third kappa shape index (κ3) is 10.6. The molecule has 4 heteroatoms. The van der Waals surface area contributed by atoms with E-state index >= 15 is 0 Å². The van der Waals surface area contributed by atoms with Crippen LogP contribution in [0.2, 0.25) is 0 Å². The van der Waals surface area contributed by atoms with Crippen molar-refractivity contribution in [3.63, 3.8) is 0 Å². The molecule has 0 aromatic heterocycles. The Morgan fingerprint density at radius 1 is 0.733 bits per heavy atom. The van der Waals surface area contributed by atoms with Crippen LogP contribution in [0.3, 0.4) is 0 Å². The fourth-order valence-electron chi connectivity index (χ4n) is 4.43. The Kier molecular flexibility index (Phi) is 13.0. The van der Waals surface area contributed by atoms with Crippen molar-refractivity contribution >= 4 is 5.97 Å². The lowest BCUT2D eigenvalue weighted by atomic mass is 10.0. The predicted molar refractivity (Wildman–Crippen MR) is 123 cm³/mol. The number of hydrogen-bond acceptors (Lipinski definition) is 4. The average Bonchev–Trinajstić information content (AvgIpc) is 3.67. The first kappa shape index (κ1) is 25.6. The van der Waals surface area contributed by atoms with Gasteiger partial charge in [0.1, 0.15) is 0 Å². The van der Waals surface area contributed by atoms with Crippen molar-refractivity contribution in [1.82, 2.24) is 0 Å². The lowest BCUT2D eigenvalue weighted by molar-refractivity contribution is -0.146. The summed E-state index contributed by atoms with van der Waals surface area (Å²) in [7, 11) is 0. The van der Waals surface area contributed by atoms with Crippen LogP contribution in [-0.2, 0) is 19.0 Å². The number of ether oxygens (including phenoxy) is 3. The van der Waals surface area contributed by atoms with E-state index in [4.69, 9.17) is 14.2 Å². The Balaban J connectivity index is 1.38. The van der Waals surface area contributed by atoms with Crippen LogP contribution in [0.4, 0.5) is 0 Å². The molecular formula is C26H48O4. The molecular weight excluding hydrogens is 376 g/mol. The highest BCUT2D eigenvalue weighted by Crippen LogP contribution is 2.33. The third-order valence-corrected chi connectivity index (χ3v) is 6.83. The van der Waals surface area contributed by atoms with Crippen LogP contribution < -0.4 is 0 Å². The highest BCUT2D eigenvalue weighted by molar-refractivity contribution is 5.77. The second kappa shape index (κ2) is 15.2. The zero-order valence-corrected chi connectivity index (χ0v) is 20.0. The van der Waals surface area contributed by atoms with E-state index in [1.807, 2.05) is 0 Å². The molecule has 2 aliphatic heterocycles. The van der Waals surface area contributed by atoms with Gasteiger partial charge in [0.2, 0.25) is 0 Å². The first-order valence-electron chi connectivity index (χ1n) is 13.2. The van der Waals surface area contributed by atoms with E-state index in [2.05, 4.69) is 20.8 Å².